The minimum absolute atomic E-state index is 0.0475. The summed E-state index contributed by atoms with van der Waals surface area (Å²) < 4.78 is 5.01. The Balaban J connectivity index is 2.93. The first-order valence-electron chi connectivity index (χ1n) is 3.71. The van der Waals surface area contributed by atoms with Gasteiger partial charge in [-0.1, -0.05) is 13.8 Å². The van der Waals surface area contributed by atoms with Gasteiger partial charge in [0.05, 0.1) is 11.8 Å². The highest BCUT2D eigenvalue weighted by Crippen LogP contribution is 2.13. The molecule has 1 rings (SSSR count). The van der Waals surface area contributed by atoms with Crippen LogP contribution in [0.2, 0.25) is 0 Å². The van der Waals surface area contributed by atoms with E-state index in [4.69, 9.17) is 4.42 Å². The van der Waals surface area contributed by atoms with Crippen molar-refractivity contribution in [2.75, 3.05) is 0 Å². The average molecular weight is 152 g/mol. The Hall–Kier alpha value is -1.05. The van der Waals surface area contributed by atoms with Gasteiger partial charge in [-0.25, -0.2) is 0 Å². The Morgan fingerprint density at radius 3 is 2.55 bits per heavy atom. The number of carbonyl (C=O) groups is 1. The average Bonchev–Trinajstić information content (AvgIpc) is 2.33. The molecule has 0 aliphatic carbocycles. The van der Waals surface area contributed by atoms with E-state index in [-0.39, 0.29) is 11.7 Å². The fourth-order valence-corrected chi connectivity index (χ4v) is 0.952. The van der Waals surface area contributed by atoms with Crippen molar-refractivity contribution in [3.8, 4) is 0 Å². The first-order valence-corrected chi connectivity index (χ1v) is 3.71. The third-order valence-corrected chi connectivity index (χ3v) is 1.65. The van der Waals surface area contributed by atoms with Crippen LogP contribution in [0.1, 0.15) is 30.0 Å². The molecule has 0 aliphatic rings. The van der Waals surface area contributed by atoms with Gasteiger partial charge < -0.3 is 4.42 Å². The molecule has 0 bridgehead atoms. The lowest BCUT2D eigenvalue weighted by Crippen LogP contribution is -2.07. The van der Waals surface area contributed by atoms with Crippen LogP contribution in [0.25, 0.3) is 0 Å². The Labute approximate surface area is 66.2 Å². The highest BCUT2D eigenvalue weighted by molar-refractivity contribution is 5.98. The van der Waals surface area contributed by atoms with Gasteiger partial charge in [-0.05, 0) is 13.0 Å². The highest BCUT2D eigenvalue weighted by atomic mass is 16.3. The van der Waals surface area contributed by atoms with Crippen LogP contribution in [-0.2, 0) is 0 Å². The molecule has 0 fully saturated rings. The molecule has 0 N–H and O–H groups in total. The van der Waals surface area contributed by atoms with Crippen LogP contribution in [0.4, 0.5) is 0 Å². The van der Waals surface area contributed by atoms with Crippen LogP contribution in [-0.4, -0.2) is 5.78 Å². The van der Waals surface area contributed by atoms with E-state index in [0.29, 0.717) is 11.3 Å². The second kappa shape index (κ2) is 2.91. The van der Waals surface area contributed by atoms with Gasteiger partial charge in [-0.3, -0.25) is 4.79 Å². The predicted molar refractivity (Wildman–Crippen MR) is 42.6 cm³/mol. The summed E-state index contributed by atoms with van der Waals surface area (Å²) in [6, 6.07) is 1.72. The number of hydrogen-bond acceptors (Lipinski definition) is 2. The van der Waals surface area contributed by atoms with Gasteiger partial charge in [-0.15, -0.1) is 0 Å². The number of hydrogen-bond donors (Lipinski definition) is 0. The molecule has 0 spiro atoms. The highest BCUT2D eigenvalue weighted by Gasteiger charge is 2.14. The molecule has 11 heavy (non-hydrogen) atoms. The summed E-state index contributed by atoms with van der Waals surface area (Å²) in [6.07, 6.45) is 1.55. The van der Waals surface area contributed by atoms with Gasteiger partial charge in [-0.2, -0.15) is 0 Å². The zero-order chi connectivity index (χ0) is 8.43. The number of rotatable bonds is 2. The summed E-state index contributed by atoms with van der Waals surface area (Å²) in [6.45, 7) is 5.57. The van der Waals surface area contributed by atoms with Crippen LogP contribution in [0, 0.1) is 12.8 Å². The summed E-state index contributed by atoms with van der Waals surface area (Å²) in [5.74, 6) is 0.909. The molecule has 2 nitrogen and oxygen atoms in total. The number of Topliss-reactive ketones (excluding diaryl/α,β-unsaturated/α-hetero) is 1. The van der Waals surface area contributed by atoms with Crippen molar-refractivity contribution in [2.24, 2.45) is 5.92 Å². The Kier molecular flexibility index (Phi) is 2.13. The quantitative estimate of drug-likeness (QED) is 0.609. The van der Waals surface area contributed by atoms with E-state index in [9.17, 15) is 4.79 Å². The molecular weight excluding hydrogens is 140 g/mol. The van der Waals surface area contributed by atoms with Crippen molar-refractivity contribution in [3.63, 3.8) is 0 Å². The molecule has 1 aromatic heterocycles. The molecule has 1 heterocycles. The molecule has 60 valence electrons. The summed E-state index contributed by atoms with van der Waals surface area (Å²) in [4.78, 5) is 11.4. The van der Waals surface area contributed by atoms with Gasteiger partial charge in [0.25, 0.3) is 0 Å². The van der Waals surface area contributed by atoms with Crippen molar-refractivity contribution >= 4 is 5.78 Å². The molecular formula is C9H12O2. The summed E-state index contributed by atoms with van der Waals surface area (Å²) in [7, 11) is 0. The Morgan fingerprint density at radius 1 is 1.55 bits per heavy atom. The minimum atomic E-state index is 0.0475. The molecule has 2 heteroatoms. The summed E-state index contributed by atoms with van der Waals surface area (Å²) in [5.41, 5.74) is 0.708. The second-order valence-corrected chi connectivity index (χ2v) is 2.91. The zero-order valence-corrected chi connectivity index (χ0v) is 7.05. The smallest absolute Gasteiger partial charge is 0.168 e. The fraction of sp³-hybridized carbons (Fsp3) is 0.444. The van der Waals surface area contributed by atoms with Crippen molar-refractivity contribution in [1.29, 1.82) is 0 Å². The summed E-state index contributed by atoms with van der Waals surface area (Å²) in [5, 5.41) is 0. The molecule has 0 radical (unpaired) electrons. The molecule has 0 aliphatic heterocycles. The second-order valence-electron chi connectivity index (χ2n) is 2.91. The number of carbonyl (C=O) groups excluding carboxylic acids is 1. The molecule has 0 unspecified atom stereocenters. The monoisotopic (exact) mass is 152 g/mol. The number of furan rings is 1. The van der Waals surface area contributed by atoms with Crippen molar-refractivity contribution < 1.29 is 9.21 Å². The Morgan fingerprint density at radius 2 is 2.18 bits per heavy atom. The molecule has 0 amide bonds. The minimum Gasteiger partial charge on any atom is -0.469 e. The SMILES string of the molecule is Cc1occc1C(=O)C(C)C. The molecule has 1 aromatic rings. The third kappa shape index (κ3) is 1.50. The van der Waals surface area contributed by atoms with E-state index in [0.717, 1.165) is 0 Å². The van der Waals surface area contributed by atoms with Gasteiger partial charge >= 0.3 is 0 Å². The van der Waals surface area contributed by atoms with E-state index >= 15 is 0 Å². The largest absolute Gasteiger partial charge is 0.469 e. The molecule has 0 saturated heterocycles. The first-order chi connectivity index (χ1) is 5.13. The van der Waals surface area contributed by atoms with E-state index in [1.54, 1.807) is 19.3 Å². The van der Waals surface area contributed by atoms with Crippen LogP contribution in [0.3, 0.4) is 0 Å². The molecule has 0 saturated carbocycles. The lowest BCUT2D eigenvalue weighted by molar-refractivity contribution is 0.0938. The van der Waals surface area contributed by atoms with Crippen LogP contribution < -0.4 is 0 Å². The Bertz CT molecular complexity index is 258. The maximum atomic E-state index is 11.4. The zero-order valence-electron chi connectivity index (χ0n) is 7.05. The van der Waals surface area contributed by atoms with E-state index in [1.807, 2.05) is 13.8 Å². The van der Waals surface area contributed by atoms with Gasteiger partial charge in [0.15, 0.2) is 5.78 Å². The van der Waals surface area contributed by atoms with Crippen molar-refractivity contribution in [2.45, 2.75) is 20.8 Å². The number of aryl methyl sites for hydroxylation is 1. The molecule has 0 aromatic carbocycles. The first kappa shape index (κ1) is 8.05. The van der Waals surface area contributed by atoms with Crippen LogP contribution in [0.5, 0.6) is 0 Å². The van der Waals surface area contributed by atoms with E-state index in [2.05, 4.69) is 0 Å². The van der Waals surface area contributed by atoms with Crippen molar-refractivity contribution in [1.82, 2.24) is 0 Å². The van der Waals surface area contributed by atoms with Gasteiger partial charge in [0.2, 0.25) is 0 Å². The van der Waals surface area contributed by atoms with Crippen LogP contribution in [0.15, 0.2) is 16.7 Å². The maximum Gasteiger partial charge on any atom is 0.168 e. The van der Waals surface area contributed by atoms with E-state index < -0.39 is 0 Å². The topological polar surface area (TPSA) is 30.2 Å². The standard InChI is InChI=1S/C9H12O2/c1-6(2)9(10)8-4-5-11-7(8)3/h4-6H,1-3H3. The lowest BCUT2D eigenvalue weighted by Gasteiger charge is -2.00. The maximum absolute atomic E-state index is 11.4. The van der Waals surface area contributed by atoms with Crippen LogP contribution >= 0.6 is 0 Å². The lowest BCUT2D eigenvalue weighted by atomic mass is 10.0. The van der Waals surface area contributed by atoms with Gasteiger partial charge in [0, 0.05) is 5.92 Å². The fourth-order valence-electron chi connectivity index (χ4n) is 0.952. The van der Waals surface area contributed by atoms with Crippen molar-refractivity contribution in [3.05, 3.63) is 23.7 Å². The van der Waals surface area contributed by atoms with E-state index in [1.165, 1.54) is 0 Å². The summed E-state index contributed by atoms with van der Waals surface area (Å²) >= 11 is 0. The normalized spacial score (nSPS) is 10.5. The molecule has 0 atom stereocenters. The van der Waals surface area contributed by atoms with Gasteiger partial charge in [0.1, 0.15) is 5.76 Å². The third-order valence-electron chi connectivity index (χ3n) is 1.65. The predicted octanol–water partition coefficient (Wildman–Crippen LogP) is 2.43. The number of ketones is 1.